The normalized spacial score (nSPS) is 10.7. The van der Waals surface area contributed by atoms with Gasteiger partial charge < -0.3 is 0 Å². The molecule has 0 radical (unpaired) electrons. The zero-order chi connectivity index (χ0) is 17.0. The van der Waals surface area contributed by atoms with Crippen molar-refractivity contribution in [1.82, 2.24) is 5.43 Å². The SMILES string of the molecule is Cc1ccc(C(=O)NN=Cc2ccc(Cl)cc2Cl)cc1[N+](=O)[O-]. The monoisotopic (exact) mass is 351 g/mol. The zero-order valence-electron chi connectivity index (χ0n) is 11.9. The summed E-state index contributed by atoms with van der Waals surface area (Å²) in [5, 5.41) is 15.5. The first kappa shape index (κ1) is 16.9. The number of aryl methyl sites for hydroxylation is 1. The van der Waals surface area contributed by atoms with E-state index in [0.29, 0.717) is 21.2 Å². The van der Waals surface area contributed by atoms with Gasteiger partial charge in [0.1, 0.15) is 0 Å². The van der Waals surface area contributed by atoms with E-state index < -0.39 is 10.8 Å². The topological polar surface area (TPSA) is 84.6 Å². The van der Waals surface area contributed by atoms with E-state index in [0.717, 1.165) is 0 Å². The van der Waals surface area contributed by atoms with Crippen molar-refractivity contribution in [2.45, 2.75) is 6.92 Å². The van der Waals surface area contributed by atoms with E-state index in [2.05, 4.69) is 10.5 Å². The van der Waals surface area contributed by atoms with Gasteiger partial charge in [-0.2, -0.15) is 5.10 Å². The molecule has 0 fully saturated rings. The second-order valence-corrected chi connectivity index (χ2v) is 5.47. The summed E-state index contributed by atoms with van der Waals surface area (Å²) >= 11 is 11.8. The molecule has 2 aromatic rings. The summed E-state index contributed by atoms with van der Waals surface area (Å²) in [5.74, 6) is -0.561. The van der Waals surface area contributed by atoms with Crippen molar-refractivity contribution < 1.29 is 9.72 Å². The van der Waals surface area contributed by atoms with Gasteiger partial charge in [-0.25, -0.2) is 5.43 Å². The van der Waals surface area contributed by atoms with Crippen molar-refractivity contribution in [2.24, 2.45) is 5.10 Å². The first-order valence-corrected chi connectivity index (χ1v) is 7.17. The molecule has 0 bridgehead atoms. The van der Waals surface area contributed by atoms with Crippen LogP contribution in [0.3, 0.4) is 0 Å². The standard InChI is InChI=1S/C15H11Cl2N3O3/c1-9-2-3-10(6-14(9)20(22)23)15(21)19-18-8-11-4-5-12(16)7-13(11)17/h2-8H,1H3,(H,19,21). The molecule has 0 aliphatic rings. The van der Waals surface area contributed by atoms with Gasteiger partial charge in [0.2, 0.25) is 0 Å². The number of hydrogen-bond donors (Lipinski definition) is 1. The third kappa shape index (κ3) is 4.28. The summed E-state index contributed by atoms with van der Waals surface area (Å²) in [7, 11) is 0. The molecule has 0 aliphatic heterocycles. The maximum absolute atomic E-state index is 12.0. The van der Waals surface area contributed by atoms with Gasteiger partial charge >= 0.3 is 0 Å². The van der Waals surface area contributed by atoms with E-state index in [9.17, 15) is 14.9 Å². The molecule has 1 N–H and O–H groups in total. The lowest BCUT2D eigenvalue weighted by Crippen LogP contribution is -2.17. The molecule has 2 rings (SSSR count). The highest BCUT2D eigenvalue weighted by Gasteiger charge is 2.14. The Hall–Kier alpha value is -2.44. The third-order valence-corrected chi connectivity index (χ3v) is 3.56. The van der Waals surface area contributed by atoms with Gasteiger partial charge in [-0.3, -0.25) is 14.9 Å². The summed E-state index contributed by atoms with van der Waals surface area (Å²) in [4.78, 5) is 22.3. The number of benzene rings is 2. The van der Waals surface area contributed by atoms with E-state index in [1.807, 2.05) is 0 Å². The Labute approximate surface area is 141 Å². The van der Waals surface area contributed by atoms with Gasteiger partial charge in [-0.1, -0.05) is 35.3 Å². The summed E-state index contributed by atoms with van der Waals surface area (Å²) in [6.45, 7) is 1.60. The minimum Gasteiger partial charge on any atom is -0.267 e. The fraction of sp³-hybridized carbons (Fsp3) is 0.0667. The second kappa shape index (κ2) is 7.21. The molecular weight excluding hydrogens is 341 g/mol. The largest absolute Gasteiger partial charge is 0.273 e. The molecule has 0 spiro atoms. The van der Waals surface area contributed by atoms with Gasteiger partial charge in [0.15, 0.2) is 0 Å². The molecule has 8 heteroatoms. The summed E-state index contributed by atoms with van der Waals surface area (Å²) in [5.41, 5.74) is 3.36. The van der Waals surface area contributed by atoms with Crippen molar-refractivity contribution >= 4 is 41.0 Å². The summed E-state index contributed by atoms with van der Waals surface area (Å²) in [6, 6.07) is 9.04. The van der Waals surface area contributed by atoms with Crippen molar-refractivity contribution in [3.8, 4) is 0 Å². The number of amides is 1. The van der Waals surface area contributed by atoms with Crippen molar-refractivity contribution in [3.05, 3.63) is 73.2 Å². The highest BCUT2D eigenvalue weighted by Crippen LogP contribution is 2.20. The quantitative estimate of drug-likeness (QED) is 0.513. The predicted molar refractivity (Wildman–Crippen MR) is 89.4 cm³/mol. The van der Waals surface area contributed by atoms with Crippen LogP contribution in [0.4, 0.5) is 5.69 Å². The lowest BCUT2D eigenvalue weighted by atomic mass is 10.1. The third-order valence-electron chi connectivity index (χ3n) is 3.00. The van der Waals surface area contributed by atoms with Gasteiger partial charge in [0, 0.05) is 27.8 Å². The number of carbonyl (C=O) groups is 1. The molecule has 0 saturated heterocycles. The molecular formula is C15H11Cl2N3O3. The Morgan fingerprint density at radius 3 is 2.65 bits per heavy atom. The smallest absolute Gasteiger partial charge is 0.267 e. The van der Waals surface area contributed by atoms with Crippen LogP contribution in [0.15, 0.2) is 41.5 Å². The molecule has 23 heavy (non-hydrogen) atoms. The lowest BCUT2D eigenvalue weighted by Gasteiger charge is -2.02. The van der Waals surface area contributed by atoms with Crippen LogP contribution >= 0.6 is 23.2 Å². The van der Waals surface area contributed by atoms with E-state index in [1.54, 1.807) is 25.1 Å². The van der Waals surface area contributed by atoms with E-state index in [1.165, 1.54) is 24.4 Å². The minimum absolute atomic E-state index is 0.123. The maximum Gasteiger partial charge on any atom is 0.273 e. The molecule has 1 amide bonds. The average Bonchev–Trinajstić information content (AvgIpc) is 2.49. The Morgan fingerprint density at radius 1 is 1.26 bits per heavy atom. The Balaban J connectivity index is 2.12. The fourth-order valence-corrected chi connectivity index (χ4v) is 2.24. The molecule has 118 valence electrons. The second-order valence-electron chi connectivity index (χ2n) is 4.62. The van der Waals surface area contributed by atoms with Crippen molar-refractivity contribution in [1.29, 1.82) is 0 Å². The van der Waals surface area contributed by atoms with Crippen LogP contribution in [0.25, 0.3) is 0 Å². The van der Waals surface area contributed by atoms with Gasteiger partial charge in [-0.15, -0.1) is 0 Å². The van der Waals surface area contributed by atoms with Crippen LogP contribution < -0.4 is 5.43 Å². The molecule has 0 atom stereocenters. The number of hydrazone groups is 1. The molecule has 0 aromatic heterocycles. The molecule has 6 nitrogen and oxygen atoms in total. The van der Waals surface area contributed by atoms with Crippen LogP contribution in [0, 0.1) is 17.0 Å². The van der Waals surface area contributed by atoms with Gasteiger partial charge in [-0.05, 0) is 25.1 Å². The maximum atomic E-state index is 12.0. The molecule has 0 heterocycles. The fourth-order valence-electron chi connectivity index (χ4n) is 1.78. The van der Waals surface area contributed by atoms with E-state index in [4.69, 9.17) is 23.2 Å². The van der Waals surface area contributed by atoms with Crippen LogP contribution in [0.5, 0.6) is 0 Å². The number of hydrogen-bond acceptors (Lipinski definition) is 4. The molecule has 0 saturated carbocycles. The first-order chi connectivity index (χ1) is 10.9. The van der Waals surface area contributed by atoms with E-state index >= 15 is 0 Å². The van der Waals surface area contributed by atoms with Gasteiger partial charge in [0.25, 0.3) is 11.6 Å². The van der Waals surface area contributed by atoms with Crippen molar-refractivity contribution in [2.75, 3.05) is 0 Å². The van der Waals surface area contributed by atoms with Crippen molar-refractivity contribution in [3.63, 3.8) is 0 Å². The minimum atomic E-state index is -0.561. The Kier molecular flexibility index (Phi) is 5.31. The molecule has 2 aromatic carbocycles. The number of carbonyl (C=O) groups excluding carboxylic acids is 1. The average molecular weight is 352 g/mol. The van der Waals surface area contributed by atoms with Crippen LogP contribution in [-0.2, 0) is 0 Å². The first-order valence-electron chi connectivity index (χ1n) is 6.42. The van der Waals surface area contributed by atoms with Crippen LogP contribution in [-0.4, -0.2) is 17.0 Å². The molecule has 0 unspecified atom stereocenters. The number of rotatable bonds is 4. The number of nitrogens with one attached hydrogen (secondary N) is 1. The number of nitro benzene ring substituents is 1. The van der Waals surface area contributed by atoms with Crippen LogP contribution in [0.2, 0.25) is 10.0 Å². The number of nitrogens with zero attached hydrogens (tertiary/aromatic N) is 2. The number of nitro groups is 1. The predicted octanol–water partition coefficient (Wildman–Crippen LogP) is 3.97. The van der Waals surface area contributed by atoms with Crippen LogP contribution in [0.1, 0.15) is 21.5 Å². The zero-order valence-corrected chi connectivity index (χ0v) is 13.4. The Morgan fingerprint density at radius 2 is 2.00 bits per heavy atom. The van der Waals surface area contributed by atoms with E-state index in [-0.39, 0.29) is 11.3 Å². The highest BCUT2D eigenvalue weighted by molar-refractivity contribution is 6.36. The molecule has 0 aliphatic carbocycles. The highest BCUT2D eigenvalue weighted by atomic mass is 35.5. The summed E-state index contributed by atoms with van der Waals surface area (Å²) < 4.78 is 0. The summed E-state index contributed by atoms with van der Waals surface area (Å²) in [6.07, 6.45) is 1.36. The lowest BCUT2D eigenvalue weighted by molar-refractivity contribution is -0.385. The Bertz CT molecular complexity index is 807. The number of halogens is 2. The van der Waals surface area contributed by atoms with Gasteiger partial charge in [0.05, 0.1) is 16.2 Å².